The van der Waals surface area contributed by atoms with Crippen LogP contribution in [-0.2, 0) is 19.1 Å². The third-order valence-corrected chi connectivity index (χ3v) is 5.48. The van der Waals surface area contributed by atoms with Crippen molar-refractivity contribution in [2.75, 3.05) is 0 Å². The van der Waals surface area contributed by atoms with E-state index < -0.39 is 41.7 Å². The number of fused-ring (bicyclic) bond motifs is 1. The molecule has 6 unspecified atom stereocenters. The van der Waals surface area contributed by atoms with Gasteiger partial charge in [0.2, 0.25) is 6.29 Å². The van der Waals surface area contributed by atoms with E-state index in [1.165, 1.54) is 0 Å². The Bertz CT molecular complexity index is 517. The molecule has 1 fully saturated rings. The van der Waals surface area contributed by atoms with Gasteiger partial charge in [-0.3, -0.25) is 9.59 Å². The first kappa shape index (κ1) is 14.8. The quantitative estimate of drug-likeness (QED) is 0.612. The van der Waals surface area contributed by atoms with Crippen molar-refractivity contribution >= 4 is 23.5 Å². The molecule has 116 valence electrons. The Balaban J connectivity index is 1.86. The van der Waals surface area contributed by atoms with E-state index >= 15 is 0 Å². The van der Waals surface area contributed by atoms with E-state index in [-0.39, 0.29) is 18.6 Å². The van der Waals surface area contributed by atoms with Gasteiger partial charge < -0.3 is 24.8 Å². The summed E-state index contributed by atoms with van der Waals surface area (Å²) >= 11 is 1.11. The van der Waals surface area contributed by atoms with Crippen molar-refractivity contribution in [3.63, 3.8) is 0 Å². The Kier molecular flexibility index (Phi) is 3.73. The van der Waals surface area contributed by atoms with Gasteiger partial charge in [-0.05, 0) is 6.92 Å². The summed E-state index contributed by atoms with van der Waals surface area (Å²) in [5.74, 6) is -1.79. The molecule has 21 heavy (non-hydrogen) atoms. The third-order valence-electron chi connectivity index (χ3n) is 4.02. The van der Waals surface area contributed by atoms with Crippen molar-refractivity contribution in [3.05, 3.63) is 10.7 Å². The lowest BCUT2D eigenvalue weighted by atomic mass is 9.92. The minimum absolute atomic E-state index is 0.0716. The number of carbonyl (C=O) groups excluding carboxylic acids is 1. The summed E-state index contributed by atoms with van der Waals surface area (Å²) in [5, 5.41) is 28.4. The molecule has 6 atom stereocenters. The molecule has 0 radical (unpaired) electrons. The third kappa shape index (κ3) is 2.46. The fourth-order valence-corrected chi connectivity index (χ4v) is 4.05. The number of ether oxygens (including phenoxy) is 2. The van der Waals surface area contributed by atoms with Gasteiger partial charge in [-0.25, -0.2) is 0 Å². The van der Waals surface area contributed by atoms with E-state index in [1.807, 2.05) is 0 Å². The summed E-state index contributed by atoms with van der Waals surface area (Å²) in [6.07, 6.45) is -3.43. The van der Waals surface area contributed by atoms with Crippen LogP contribution in [0.15, 0.2) is 10.7 Å². The SMILES string of the molecule is CC1OC2OC3=C(SC2C(O)C1O)C(=O)CC(C(=O)O)C3. The molecule has 0 bridgehead atoms. The molecule has 2 aliphatic heterocycles. The number of Topliss-reactive ketones (excluding diaryl/α,β-unsaturated/α-hetero) is 1. The summed E-state index contributed by atoms with van der Waals surface area (Å²) in [5.41, 5.74) is 0. The van der Waals surface area contributed by atoms with Crippen LogP contribution in [0.3, 0.4) is 0 Å². The van der Waals surface area contributed by atoms with E-state index in [4.69, 9.17) is 14.6 Å². The molecule has 3 aliphatic rings. The molecular weight excluding hydrogens is 300 g/mol. The van der Waals surface area contributed by atoms with Crippen molar-refractivity contribution in [2.24, 2.45) is 5.92 Å². The predicted octanol–water partition coefficient (Wildman–Crippen LogP) is -0.140. The van der Waals surface area contributed by atoms with E-state index in [1.54, 1.807) is 6.92 Å². The molecular formula is C13H16O7S. The molecule has 0 aromatic carbocycles. The van der Waals surface area contributed by atoms with Crippen LogP contribution >= 0.6 is 11.8 Å². The smallest absolute Gasteiger partial charge is 0.307 e. The maximum Gasteiger partial charge on any atom is 0.307 e. The first-order chi connectivity index (χ1) is 9.88. The Morgan fingerprint density at radius 3 is 2.67 bits per heavy atom. The fourth-order valence-electron chi connectivity index (χ4n) is 2.77. The van der Waals surface area contributed by atoms with Crippen molar-refractivity contribution < 1.29 is 34.4 Å². The number of ketones is 1. The Morgan fingerprint density at radius 1 is 1.29 bits per heavy atom. The molecule has 0 saturated carbocycles. The monoisotopic (exact) mass is 316 g/mol. The maximum absolute atomic E-state index is 12.1. The highest BCUT2D eigenvalue weighted by atomic mass is 32.2. The summed E-state index contributed by atoms with van der Waals surface area (Å²) < 4.78 is 11.1. The molecule has 0 spiro atoms. The molecule has 3 rings (SSSR count). The number of hydrogen-bond acceptors (Lipinski definition) is 7. The summed E-state index contributed by atoms with van der Waals surface area (Å²) in [7, 11) is 0. The minimum Gasteiger partial charge on any atom is -0.481 e. The van der Waals surface area contributed by atoms with Crippen LogP contribution in [0, 0.1) is 5.92 Å². The van der Waals surface area contributed by atoms with Crippen LogP contribution in [-0.4, -0.2) is 56.9 Å². The van der Waals surface area contributed by atoms with Crippen LogP contribution in [0.25, 0.3) is 0 Å². The zero-order chi connectivity index (χ0) is 15.3. The van der Waals surface area contributed by atoms with Gasteiger partial charge in [-0.1, -0.05) is 0 Å². The zero-order valence-electron chi connectivity index (χ0n) is 11.3. The highest BCUT2D eigenvalue weighted by molar-refractivity contribution is 8.04. The van der Waals surface area contributed by atoms with Gasteiger partial charge in [0, 0.05) is 12.8 Å². The van der Waals surface area contributed by atoms with Crippen LogP contribution in [0.1, 0.15) is 19.8 Å². The molecule has 1 aliphatic carbocycles. The van der Waals surface area contributed by atoms with E-state index in [9.17, 15) is 19.8 Å². The number of aliphatic hydroxyl groups is 2. The predicted molar refractivity (Wildman–Crippen MR) is 71.2 cm³/mol. The molecule has 8 heteroatoms. The first-order valence-electron chi connectivity index (χ1n) is 6.72. The van der Waals surface area contributed by atoms with Crippen LogP contribution in [0.5, 0.6) is 0 Å². The molecule has 1 saturated heterocycles. The average molecular weight is 316 g/mol. The molecule has 2 heterocycles. The number of allylic oxidation sites excluding steroid dienone is 2. The molecule has 0 amide bonds. The van der Waals surface area contributed by atoms with Crippen LogP contribution < -0.4 is 0 Å². The van der Waals surface area contributed by atoms with Gasteiger partial charge in [0.1, 0.15) is 23.2 Å². The molecule has 7 nitrogen and oxygen atoms in total. The maximum atomic E-state index is 12.1. The number of aliphatic carboxylic acids is 1. The highest BCUT2D eigenvalue weighted by Crippen LogP contribution is 2.45. The van der Waals surface area contributed by atoms with E-state index in [0.717, 1.165) is 11.8 Å². The van der Waals surface area contributed by atoms with Gasteiger partial charge in [-0.15, -0.1) is 11.8 Å². The van der Waals surface area contributed by atoms with Crippen molar-refractivity contribution in [3.8, 4) is 0 Å². The number of rotatable bonds is 1. The van der Waals surface area contributed by atoms with Crippen molar-refractivity contribution in [1.29, 1.82) is 0 Å². The normalized spacial score (nSPS) is 42.9. The summed E-state index contributed by atoms with van der Waals surface area (Å²) in [6.45, 7) is 1.62. The Morgan fingerprint density at radius 2 is 2.00 bits per heavy atom. The largest absolute Gasteiger partial charge is 0.481 e. The number of carboxylic acids is 1. The van der Waals surface area contributed by atoms with Crippen LogP contribution in [0.4, 0.5) is 0 Å². The van der Waals surface area contributed by atoms with Gasteiger partial charge in [0.15, 0.2) is 5.78 Å². The van der Waals surface area contributed by atoms with E-state index in [2.05, 4.69) is 0 Å². The molecule has 0 aromatic rings. The van der Waals surface area contributed by atoms with Crippen LogP contribution in [0.2, 0.25) is 0 Å². The number of thioether (sulfide) groups is 1. The Labute approximate surface area is 124 Å². The second kappa shape index (κ2) is 5.28. The second-order valence-electron chi connectivity index (χ2n) is 5.51. The van der Waals surface area contributed by atoms with Gasteiger partial charge in [-0.2, -0.15) is 0 Å². The second-order valence-corrected chi connectivity index (χ2v) is 6.70. The molecule has 3 N–H and O–H groups in total. The van der Waals surface area contributed by atoms with Gasteiger partial charge in [0.05, 0.1) is 16.9 Å². The lowest BCUT2D eigenvalue weighted by Crippen LogP contribution is -2.57. The number of carbonyl (C=O) groups is 2. The number of carboxylic acid groups (broad SMARTS) is 1. The first-order valence-corrected chi connectivity index (χ1v) is 7.60. The van der Waals surface area contributed by atoms with Gasteiger partial charge in [0.25, 0.3) is 0 Å². The Hall–Kier alpha value is -1.09. The lowest BCUT2D eigenvalue weighted by molar-refractivity contribution is -0.231. The minimum atomic E-state index is -1.07. The average Bonchev–Trinajstić information content (AvgIpc) is 2.43. The fraction of sp³-hybridized carbons (Fsp3) is 0.692. The van der Waals surface area contributed by atoms with Crippen molar-refractivity contribution in [2.45, 2.75) is 49.6 Å². The van der Waals surface area contributed by atoms with Crippen molar-refractivity contribution in [1.82, 2.24) is 0 Å². The summed E-state index contributed by atoms with van der Waals surface area (Å²) in [4.78, 5) is 23.5. The molecule has 0 aromatic heterocycles. The van der Waals surface area contributed by atoms with E-state index in [0.29, 0.717) is 10.7 Å². The lowest BCUT2D eigenvalue weighted by Gasteiger charge is -2.45. The number of aliphatic hydroxyl groups excluding tert-OH is 2. The zero-order valence-corrected chi connectivity index (χ0v) is 12.1. The highest BCUT2D eigenvalue weighted by Gasteiger charge is 2.50. The number of hydrogen-bond donors (Lipinski definition) is 3. The van der Waals surface area contributed by atoms with Gasteiger partial charge >= 0.3 is 5.97 Å². The standard InChI is InChI=1S/C13H16O7S/c1-4-8(15)9(16)11-13(19-4)20-7-3-5(12(17)18)2-6(14)10(7)21-11/h4-5,8-9,11,13,15-16H,2-3H2,1H3,(H,17,18). The summed E-state index contributed by atoms with van der Waals surface area (Å²) in [6, 6.07) is 0. The topological polar surface area (TPSA) is 113 Å².